The summed E-state index contributed by atoms with van der Waals surface area (Å²) in [6.07, 6.45) is 2.09. The Morgan fingerprint density at radius 1 is 1.39 bits per heavy atom. The van der Waals surface area contributed by atoms with E-state index in [1.807, 2.05) is 30.7 Å². The van der Waals surface area contributed by atoms with Crippen molar-refractivity contribution in [2.24, 2.45) is 0 Å². The molecule has 2 rings (SSSR count). The average molecular weight is 247 g/mol. The van der Waals surface area contributed by atoms with Crippen molar-refractivity contribution in [3.05, 3.63) is 29.5 Å². The SMILES string of the molecule is COc1cc(C)cc2c(C)cn(CCC(=O)O)c12. The van der Waals surface area contributed by atoms with Crippen molar-refractivity contribution in [2.75, 3.05) is 7.11 Å². The van der Waals surface area contributed by atoms with Crippen molar-refractivity contribution in [3.63, 3.8) is 0 Å². The molecule has 4 heteroatoms. The van der Waals surface area contributed by atoms with Crippen molar-refractivity contribution in [1.82, 2.24) is 4.57 Å². The number of benzene rings is 1. The van der Waals surface area contributed by atoms with Crippen LogP contribution >= 0.6 is 0 Å². The summed E-state index contributed by atoms with van der Waals surface area (Å²) in [5, 5.41) is 9.90. The monoisotopic (exact) mass is 247 g/mol. The minimum atomic E-state index is -0.791. The summed E-state index contributed by atoms with van der Waals surface area (Å²) >= 11 is 0. The Balaban J connectivity index is 2.57. The highest BCUT2D eigenvalue weighted by Crippen LogP contribution is 2.31. The van der Waals surface area contributed by atoms with Gasteiger partial charge in [-0.15, -0.1) is 0 Å². The van der Waals surface area contributed by atoms with E-state index in [1.165, 1.54) is 0 Å². The molecular formula is C14H17NO3. The van der Waals surface area contributed by atoms with Gasteiger partial charge in [0, 0.05) is 18.1 Å². The van der Waals surface area contributed by atoms with Crippen LogP contribution in [0.25, 0.3) is 10.9 Å². The van der Waals surface area contributed by atoms with Crippen LogP contribution in [0.5, 0.6) is 5.75 Å². The first-order chi connectivity index (χ1) is 8.52. The molecule has 2 aromatic rings. The van der Waals surface area contributed by atoms with Crippen molar-refractivity contribution in [3.8, 4) is 5.75 Å². The highest BCUT2D eigenvalue weighted by atomic mass is 16.5. The smallest absolute Gasteiger partial charge is 0.305 e. The summed E-state index contributed by atoms with van der Waals surface area (Å²) in [7, 11) is 1.64. The zero-order valence-corrected chi connectivity index (χ0v) is 10.9. The van der Waals surface area contributed by atoms with Gasteiger partial charge in [-0.1, -0.05) is 0 Å². The Morgan fingerprint density at radius 2 is 2.11 bits per heavy atom. The molecule has 96 valence electrons. The van der Waals surface area contributed by atoms with E-state index in [0.29, 0.717) is 6.54 Å². The zero-order chi connectivity index (χ0) is 13.3. The van der Waals surface area contributed by atoms with Crippen LogP contribution in [0.4, 0.5) is 0 Å². The molecule has 0 unspecified atom stereocenters. The van der Waals surface area contributed by atoms with E-state index in [9.17, 15) is 4.79 Å². The number of carboxylic acid groups (broad SMARTS) is 1. The highest BCUT2D eigenvalue weighted by molar-refractivity contribution is 5.89. The maximum absolute atomic E-state index is 10.7. The maximum Gasteiger partial charge on any atom is 0.305 e. The topological polar surface area (TPSA) is 51.5 Å². The fourth-order valence-electron chi connectivity index (χ4n) is 2.26. The van der Waals surface area contributed by atoms with Crippen LogP contribution in [0.3, 0.4) is 0 Å². The van der Waals surface area contributed by atoms with E-state index in [0.717, 1.165) is 27.8 Å². The number of aliphatic carboxylic acids is 1. The third-order valence-corrected chi connectivity index (χ3v) is 3.07. The molecule has 0 bridgehead atoms. The quantitative estimate of drug-likeness (QED) is 0.903. The zero-order valence-electron chi connectivity index (χ0n) is 10.9. The van der Waals surface area contributed by atoms with Crippen molar-refractivity contribution in [1.29, 1.82) is 0 Å². The van der Waals surface area contributed by atoms with Gasteiger partial charge in [0.25, 0.3) is 0 Å². The lowest BCUT2D eigenvalue weighted by atomic mass is 10.1. The first-order valence-corrected chi connectivity index (χ1v) is 5.89. The summed E-state index contributed by atoms with van der Waals surface area (Å²) < 4.78 is 7.36. The van der Waals surface area contributed by atoms with Crippen LogP contribution in [0.1, 0.15) is 17.5 Å². The van der Waals surface area contributed by atoms with Gasteiger partial charge < -0.3 is 14.4 Å². The van der Waals surface area contributed by atoms with Crippen molar-refractivity contribution in [2.45, 2.75) is 26.8 Å². The Morgan fingerprint density at radius 3 is 2.72 bits per heavy atom. The van der Waals surface area contributed by atoms with Crippen LogP contribution in [-0.4, -0.2) is 22.8 Å². The second-order valence-electron chi connectivity index (χ2n) is 4.51. The third-order valence-electron chi connectivity index (χ3n) is 3.07. The largest absolute Gasteiger partial charge is 0.495 e. The Bertz CT molecular complexity index is 599. The first-order valence-electron chi connectivity index (χ1n) is 5.89. The molecule has 0 aliphatic rings. The van der Waals surface area contributed by atoms with Gasteiger partial charge in [-0.3, -0.25) is 4.79 Å². The van der Waals surface area contributed by atoms with E-state index in [2.05, 4.69) is 6.07 Å². The number of carboxylic acids is 1. The molecule has 0 aliphatic heterocycles. The van der Waals surface area contributed by atoms with Crippen LogP contribution < -0.4 is 4.74 Å². The Labute approximate surface area is 106 Å². The molecule has 0 spiro atoms. The molecule has 1 heterocycles. The molecule has 18 heavy (non-hydrogen) atoms. The van der Waals surface area contributed by atoms with E-state index in [-0.39, 0.29) is 6.42 Å². The van der Waals surface area contributed by atoms with E-state index >= 15 is 0 Å². The number of carbonyl (C=O) groups is 1. The van der Waals surface area contributed by atoms with E-state index < -0.39 is 5.97 Å². The first kappa shape index (κ1) is 12.5. The number of hydrogen-bond acceptors (Lipinski definition) is 2. The fourth-order valence-corrected chi connectivity index (χ4v) is 2.26. The number of ether oxygens (including phenoxy) is 1. The number of fused-ring (bicyclic) bond motifs is 1. The molecule has 0 fully saturated rings. The lowest BCUT2D eigenvalue weighted by Crippen LogP contribution is -2.04. The molecule has 0 saturated heterocycles. The van der Waals surface area contributed by atoms with Gasteiger partial charge in [0.1, 0.15) is 5.75 Å². The van der Waals surface area contributed by atoms with Gasteiger partial charge in [-0.25, -0.2) is 0 Å². The number of methoxy groups -OCH3 is 1. The summed E-state index contributed by atoms with van der Waals surface area (Å²) in [4.78, 5) is 10.7. The summed E-state index contributed by atoms with van der Waals surface area (Å²) in [6.45, 7) is 4.51. The second kappa shape index (κ2) is 4.72. The molecule has 0 amide bonds. The van der Waals surface area contributed by atoms with Crippen LogP contribution in [0.2, 0.25) is 0 Å². The number of aryl methyl sites for hydroxylation is 3. The van der Waals surface area contributed by atoms with E-state index in [4.69, 9.17) is 9.84 Å². The fraction of sp³-hybridized carbons (Fsp3) is 0.357. The van der Waals surface area contributed by atoms with Crippen molar-refractivity contribution >= 4 is 16.9 Å². The minimum Gasteiger partial charge on any atom is -0.495 e. The number of nitrogens with zero attached hydrogens (tertiary/aromatic N) is 1. The molecule has 0 radical (unpaired) electrons. The van der Waals surface area contributed by atoms with Crippen LogP contribution in [0, 0.1) is 13.8 Å². The minimum absolute atomic E-state index is 0.111. The summed E-state index contributed by atoms with van der Waals surface area (Å²) in [6, 6.07) is 4.07. The lowest BCUT2D eigenvalue weighted by Gasteiger charge is -2.09. The van der Waals surface area contributed by atoms with Gasteiger partial charge >= 0.3 is 5.97 Å². The lowest BCUT2D eigenvalue weighted by molar-refractivity contribution is -0.137. The molecule has 1 aromatic heterocycles. The highest BCUT2D eigenvalue weighted by Gasteiger charge is 2.12. The van der Waals surface area contributed by atoms with Gasteiger partial charge in [-0.2, -0.15) is 0 Å². The number of rotatable bonds is 4. The molecule has 0 saturated carbocycles. The van der Waals surface area contributed by atoms with Crippen LogP contribution in [0.15, 0.2) is 18.3 Å². The Kier molecular flexibility index (Phi) is 3.28. The van der Waals surface area contributed by atoms with E-state index in [1.54, 1.807) is 7.11 Å². The normalized spacial score (nSPS) is 10.8. The molecule has 0 aliphatic carbocycles. The third kappa shape index (κ3) is 2.18. The van der Waals surface area contributed by atoms with Gasteiger partial charge in [0.15, 0.2) is 0 Å². The van der Waals surface area contributed by atoms with Crippen molar-refractivity contribution < 1.29 is 14.6 Å². The molecule has 4 nitrogen and oxygen atoms in total. The number of aromatic nitrogens is 1. The average Bonchev–Trinajstić information content (AvgIpc) is 2.63. The van der Waals surface area contributed by atoms with Gasteiger partial charge in [0.2, 0.25) is 0 Å². The summed E-state index contributed by atoms with van der Waals surface area (Å²) in [5.41, 5.74) is 3.25. The summed E-state index contributed by atoms with van der Waals surface area (Å²) in [5.74, 6) is 0.00377. The van der Waals surface area contributed by atoms with Gasteiger partial charge in [0.05, 0.1) is 19.0 Å². The molecule has 1 N–H and O–H groups in total. The molecule has 1 aromatic carbocycles. The van der Waals surface area contributed by atoms with Crippen LogP contribution in [-0.2, 0) is 11.3 Å². The molecular weight excluding hydrogens is 230 g/mol. The predicted octanol–water partition coefficient (Wildman–Crippen LogP) is 2.74. The standard InChI is InChI=1S/C14H17NO3/c1-9-6-11-10(2)8-15(5-4-13(16)17)14(11)12(7-9)18-3/h6-8H,4-5H2,1-3H3,(H,16,17). The molecule has 0 atom stereocenters. The predicted molar refractivity (Wildman–Crippen MR) is 70.2 cm³/mol. The number of hydrogen-bond donors (Lipinski definition) is 1. The Hall–Kier alpha value is -1.97. The second-order valence-corrected chi connectivity index (χ2v) is 4.51. The van der Waals surface area contributed by atoms with Gasteiger partial charge in [-0.05, 0) is 37.1 Å². The maximum atomic E-state index is 10.7.